The molecule has 0 saturated carbocycles. The molecule has 0 saturated heterocycles. The van der Waals surface area contributed by atoms with Crippen LogP contribution in [0.5, 0.6) is 17.2 Å². The molecule has 87 valence electrons. The molecule has 1 aromatic carbocycles. The van der Waals surface area contributed by atoms with Gasteiger partial charge in [0.1, 0.15) is 17.2 Å². The highest BCUT2D eigenvalue weighted by Crippen LogP contribution is 2.31. The largest absolute Gasteiger partial charge is 0.573 e. The van der Waals surface area contributed by atoms with Crippen molar-refractivity contribution in [1.82, 2.24) is 0 Å². The number of benzene rings is 1. The van der Waals surface area contributed by atoms with Crippen LogP contribution in [0.3, 0.4) is 0 Å². The Morgan fingerprint density at radius 3 is 2.19 bits per heavy atom. The SMILES string of the molecule is COc1cc(O[B]O)cc(OC(F)(F)F)c1. The van der Waals surface area contributed by atoms with E-state index in [1.807, 2.05) is 0 Å². The van der Waals surface area contributed by atoms with Gasteiger partial charge in [0.2, 0.25) is 0 Å². The van der Waals surface area contributed by atoms with Crippen molar-refractivity contribution in [2.75, 3.05) is 7.11 Å². The summed E-state index contributed by atoms with van der Waals surface area (Å²) in [6.45, 7) is 0. The van der Waals surface area contributed by atoms with Gasteiger partial charge >= 0.3 is 14.0 Å². The summed E-state index contributed by atoms with van der Waals surface area (Å²) >= 11 is 0. The summed E-state index contributed by atoms with van der Waals surface area (Å²) in [4.78, 5) is 0. The highest BCUT2D eigenvalue weighted by atomic mass is 19.4. The van der Waals surface area contributed by atoms with Gasteiger partial charge in [-0.2, -0.15) is 0 Å². The molecule has 0 aliphatic rings. The van der Waals surface area contributed by atoms with E-state index in [4.69, 9.17) is 9.76 Å². The first-order chi connectivity index (χ1) is 7.44. The van der Waals surface area contributed by atoms with E-state index in [9.17, 15) is 13.2 Å². The van der Waals surface area contributed by atoms with Crippen molar-refractivity contribution in [2.24, 2.45) is 0 Å². The number of ether oxygens (including phenoxy) is 2. The van der Waals surface area contributed by atoms with Gasteiger partial charge in [-0.05, 0) is 0 Å². The summed E-state index contributed by atoms with van der Waals surface area (Å²) in [5.41, 5.74) is 0. The fourth-order valence-corrected chi connectivity index (χ4v) is 0.985. The summed E-state index contributed by atoms with van der Waals surface area (Å²) in [6, 6.07) is 3.29. The average molecular weight is 235 g/mol. The molecule has 0 fully saturated rings. The number of rotatable bonds is 4. The number of hydrogen-bond donors (Lipinski definition) is 1. The van der Waals surface area contributed by atoms with Crippen molar-refractivity contribution in [3.8, 4) is 17.2 Å². The quantitative estimate of drug-likeness (QED) is 0.803. The van der Waals surface area contributed by atoms with Crippen molar-refractivity contribution in [3.63, 3.8) is 0 Å². The van der Waals surface area contributed by atoms with E-state index in [0.29, 0.717) is 7.69 Å². The topological polar surface area (TPSA) is 47.9 Å². The third-order valence-electron chi connectivity index (χ3n) is 1.51. The minimum absolute atomic E-state index is 0.0406. The molecule has 0 bridgehead atoms. The molecule has 1 aromatic rings. The van der Waals surface area contributed by atoms with E-state index >= 15 is 0 Å². The lowest BCUT2D eigenvalue weighted by molar-refractivity contribution is -0.274. The van der Waals surface area contributed by atoms with Crippen molar-refractivity contribution in [3.05, 3.63) is 18.2 Å². The van der Waals surface area contributed by atoms with Gasteiger partial charge in [0.25, 0.3) is 0 Å². The molecule has 0 unspecified atom stereocenters. The van der Waals surface area contributed by atoms with E-state index < -0.39 is 12.1 Å². The first-order valence-electron chi connectivity index (χ1n) is 4.02. The zero-order valence-corrected chi connectivity index (χ0v) is 8.12. The van der Waals surface area contributed by atoms with Crippen LogP contribution in [0.1, 0.15) is 0 Å². The second-order valence-electron chi connectivity index (χ2n) is 2.62. The van der Waals surface area contributed by atoms with Crippen LogP contribution in [-0.2, 0) is 0 Å². The minimum Gasteiger partial charge on any atom is -0.537 e. The number of hydrogen-bond acceptors (Lipinski definition) is 4. The number of methoxy groups -OCH3 is 1. The predicted octanol–water partition coefficient (Wildman–Crippen LogP) is 1.50. The molecule has 0 heterocycles. The third kappa shape index (κ3) is 3.89. The predicted molar refractivity (Wildman–Crippen MR) is 48.3 cm³/mol. The second kappa shape index (κ2) is 4.97. The lowest BCUT2D eigenvalue weighted by atomic mass is 10.3. The average Bonchev–Trinajstić information content (AvgIpc) is 2.15. The van der Waals surface area contributed by atoms with E-state index in [0.717, 1.165) is 12.1 Å². The number of alkyl halides is 3. The summed E-state index contributed by atoms with van der Waals surface area (Å²) < 4.78 is 48.7. The smallest absolute Gasteiger partial charge is 0.537 e. The normalized spacial score (nSPS) is 10.8. The zero-order chi connectivity index (χ0) is 12.2. The molecule has 16 heavy (non-hydrogen) atoms. The monoisotopic (exact) mass is 235 g/mol. The second-order valence-corrected chi connectivity index (χ2v) is 2.62. The fraction of sp³-hybridized carbons (Fsp3) is 0.250. The molecule has 1 rings (SSSR count). The van der Waals surface area contributed by atoms with Crippen LogP contribution in [0.15, 0.2) is 18.2 Å². The van der Waals surface area contributed by atoms with Gasteiger partial charge in [0, 0.05) is 18.2 Å². The Morgan fingerprint density at radius 1 is 1.12 bits per heavy atom. The standard InChI is InChI=1S/C8H7BF3O4/c1-14-5-2-6(15-8(10,11)12)4-7(3-5)16-9-13/h2-4,13H,1H3. The Hall–Kier alpha value is -1.57. The molecule has 1 N–H and O–H groups in total. The highest BCUT2D eigenvalue weighted by molar-refractivity contribution is 6.17. The lowest BCUT2D eigenvalue weighted by Crippen LogP contribution is -2.17. The first kappa shape index (κ1) is 12.5. The third-order valence-corrected chi connectivity index (χ3v) is 1.51. The molecular weight excluding hydrogens is 228 g/mol. The molecule has 0 amide bonds. The van der Waals surface area contributed by atoms with E-state index in [-0.39, 0.29) is 11.5 Å². The van der Waals surface area contributed by atoms with Crippen LogP contribution < -0.4 is 14.1 Å². The van der Waals surface area contributed by atoms with Crippen molar-refractivity contribution in [1.29, 1.82) is 0 Å². The van der Waals surface area contributed by atoms with Crippen molar-refractivity contribution < 1.29 is 32.3 Å². The van der Waals surface area contributed by atoms with Gasteiger partial charge in [-0.15, -0.1) is 13.2 Å². The minimum atomic E-state index is -4.80. The summed E-state index contributed by atoms with van der Waals surface area (Å²) in [7, 11) is 1.62. The molecular formula is C8H7BF3O4. The van der Waals surface area contributed by atoms with Gasteiger partial charge < -0.3 is 19.2 Å². The maximum absolute atomic E-state index is 11.9. The first-order valence-corrected chi connectivity index (χ1v) is 4.02. The van der Waals surface area contributed by atoms with Crippen LogP contribution in [0.2, 0.25) is 0 Å². The number of halogens is 3. The van der Waals surface area contributed by atoms with Gasteiger partial charge in [0.05, 0.1) is 7.11 Å². The van der Waals surface area contributed by atoms with Crippen molar-refractivity contribution in [2.45, 2.75) is 6.36 Å². The zero-order valence-electron chi connectivity index (χ0n) is 8.12. The Kier molecular flexibility index (Phi) is 3.89. The summed E-state index contributed by atoms with van der Waals surface area (Å²) in [6.07, 6.45) is -4.80. The van der Waals surface area contributed by atoms with E-state index in [1.165, 1.54) is 13.2 Å². The Morgan fingerprint density at radius 2 is 1.69 bits per heavy atom. The van der Waals surface area contributed by atoms with E-state index in [1.54, 1.807) is 0 Å². The molecule has 1 radical (unpaired) electrons. The van der Waals surface area contributed by atoms with Crippen LogP contribution >= 0.6 is 0 Å². The Bertz CT molecular complexity index is 356. The maximum atomic E-state index is 11.9. The Labute approximate surface area is 89.8 Å². The van der Waals surface area contributed by atoms with Gasteiger partial charge in [0.15, 0.2) is 0 Å². The molecule has 0 aromatic heterocycles. The highest BCUT2D eigenvalue weighted by Gasteiger charge is 2.31. The van der Waals surface area contributed by atoms with Crippen LogP contribution in [-0.4, -0.2) is 26.2 Å². The van der Waals surface area contributed by atoms with Crippen LogP contribution in [0.25, 0.3) is 0 Å². The molecule has 8 heteroatoms. The van der Waals surface area contributed by atoms with Crippen LogP contribution in [0.4, 0.5) is 13.2 Å². The Balaban J connectivity index is 2.95. The van der Waals surface area contributed by atoms with E-state index in [2.05, 4.69) is 9.39 Å². The van der Waals surface area contributed by atoms with Crippen LogP contribution in [0, 0.1) is 0 Å². The molecule has 0 aliphatic carbocycles. The molecule has 4 nitrogen and oxygen atoms in total. The van der Waals surface area contributed by atoms with Crippen molar-refractivity contribution >= 4 is 7.69 Å². The molecule has 0 spiro atoms. The summed E-state index contributed by atoms with van der Waals surface area (Å²) in [5, 5.41) is 8.36. The molecule has 0 aliphatic heterocycles. The maximum Gasteiger partial charge on any atom is 0.573 e. The molecule has 0 atom stereocenters. The fourth-order valence-electron chi connectivity index (χ4n) is 0.985. The summed E-state index contributed by atoms with van der Waals surface area (Å²) in [5.74, 6) is -0.427. The van der Waals surface area contributed by atoms with Gasteiger partial charge in [-0.3, -0.25) is 0 Å². The van der Waals surface area contributed by atoms with Gasteiger partial charge in [-0.25, -0.2) is 0 Å². The van der Waals surface area contributed by atoms with Gasteiger partial charge in [-0.1, -0.05) is 0 Å². The lowest BCUT2D eigenvalue weighted by Gasteiger charge is -2.11.